The molecule has 6 heteroatoms. The Labute approximate surface area is 113 Å². The Balaban J connectivity index is 1.73. The highest BCUT2D eigenvalue weighted by atomic mass is 16.7. The molecule has 0 radical (unpaired) electrons. The fraction of sp³-hybridized carbons (Fsp3) is 0.846. The van der Waals surface area contributed by atoms with E-state index in [-0.39, 0.29) is 6.10 Å². The maximum absolute atomic E-state index is 11.4. The fourth-order valence-corrected chi connectivity index (χ4v) is 2.60. The van der Waals surface area contributed by atoms with Crippen molar-refractivity contribution in [2.45, 2.75) is 50.9 Å². The molecule has 1 unspecified atom stereocenters. The summed E-state index contributed by atoms with van der Waals surface area (Å²) in [6, 6.07) is 0. The van der Waals surface area contributed by atoms with Gasteiger partial charge in [0.05, 0.1) is 6.61 Å². The van der Waals surface area contributed by atoms with Crippen molar-refractivity contribution in [2.75, 3.05) is 19.7 Å². The van der Waals surface area contributed by atoms with Crippen molar-refractivity contribution in [2.24, 2.45) is 0 Å². The molecule has 0 aromatic rings. The average Bonchev–Trinajstić information content (AvgIpc) is 2.80. The van der Waals surface area contributed by atoms with Gasteiger partial charge in [0.15, 0.2) is 5.79 Å². The molecule has 1 saturated heterocycles. The molecule has 19 heavy (non-hydrogen) atoms. The first-order chi connectivity index (χ1) is 9.15. The van der Waals surface area contributed by atoms with Gasteiger partial charge in [0.25, 0.3) is 0 Å². The summed E-state index contributed by atoms with van der Waals surface area (Å²) in [6.07, 6.45) is 5.17. The summed E-state index contributed by atoms with van der Waals surface area (Å²) < 4.78 is 11.7. The minimum absolute atomic E-state index is 0.156. The van der Waals surface area contributed by atoms with Gasteiger partial charge in [0.1, 0.15) is 6.10 Å². The number of nitrogens with one attached hydrogen (secondary N) is 2. The molecule has 1 saturated carbocycles. The quantitative estimate of drug-likeness (QED) is 0.724. The topological polar surface area (TPSA) is 76.7 Å². The number of carbonyl (C=O) groups is 2. The normalized spacial score (nSPS) is 25.2. The summed E-state index contributed by atoms with van der Waals surface area (Å²) in [4.78, 5) is 22.7. The van der Waals surface area contributed by atoms with E-state index in [9.17, 15) is 9.59 Å². The second-order valence-electron chi connectivity index (χ2n) is 5.09. The summed E-state index contributed by atoms with van der Waals surface area (Å²) in [5.74, 6) is -1.65. The van der Waals surface area contributed by atoms with E-state index in [0.717, 1.165) is 25.7 Å². The Bertz CT molecular complexity index is 340. The van der Waals surface area contributed by atoms with Crippen LogP contribution in [0.2, 0.25) is 0 Å². The molecular formula is C13H22N2O4. The minimum atomic E-state index is -0.616. The maximum atomic E-state index is 11.4. The lowest BCUT2D eigenvalue weighted by Crippen LogP contribution is -2.43. The van der Waals surface area contributed by atoms with Crippen LogP contribution in [0.4, 0.5) is 0 Å². The number of rotatable bonds is 3. The highest BCUT2D eigenvalue weighted by Crippen LogP contribution is 2.37. The molecular weight excluding hydrogens is 248 g/mol. The molecule has 0 aromatic carbocycles. The molecule has 1 spiro atoms. The van der Waals surface area contributed by atoms with Crippen LogP contribution in [-0.2, 0) is 19.1 Å². The van der Waals surface area contributed by atoms with E-state index in [2.05, 4.69) is 10.6 Å². The van der Waals surface area contributed by atoms with Crippen LogP contribution in [0.5, 0.6) is 0 Å². The third kappa shape index (κ3) is 3.67. The Morgan fingerprint density at radius 1 is 1.16 bits per heavy atom. The molecule has 0 aromatic heterocycles. The van der Waals surface area contributed by atoms with Gasteiger partial charge >= 0.3 is 11.8 Å². The molecule has 2 rings (SSSR count). The van der Waals surface area contributed by atoms with Crippen LogP contribution in [0, 0.1) is 0 Å². The third-order valence-corrected chi connectivity index (χ3v) is 3.56. The van der Waals surface area contributed by atoms with Crippen molar-refractivity contribution in [1.29, 1.82) is 0 Å². The number of ether oxygens (including phenoxy) is 2. The van der Waals surface area contributed by atoms with Crippen LogP contribution < -0.4 is 10.6 Å². The SMILES string of the molecule is CCNC(=O)C(=O)NCC1COC2(CCCCC2)O1. The number of amides is 2. The molecule has 2 fully saturated rings. The van der Waals surface area contributed by atoms with E-state index in [1.54, 1.807) is 6.92 Å². The van der Waals surface area contributed by atoms with Crippen LogP contribution in [-0.4, -0.2) is 43.4 Å². The summed E-state index contributed by atoms with van der Waals surface area (Å²) in [7, 11) is 0. The molecule has 1 aliphatic carbocycles. The van der Waals surface area contributed by atoms with E-state index in [1.165, 1.54) is 6.42 Å². The zero-order valence-electron chi connectivity index (χ0n) is 11.4. The van der Waals surface area contributed by atoms with Gasteiger partial charge in [-0.2, -0.15) is 0 Å². The van der Waals surface area contributed by atoms with Crippen molar-refractivity contribution in [3.05, 3.63) is 0 Å². The second-order valence-corrected chi connectivity index (χ2v) is 5.09. The lowest BCUT2D eigenvalue weighted by Gasteiger charge is -2.31. The van der Waals surface area contributed by atoms with Crippen molar-refractivity contribution >= 4 is 11.8 Å². The van der Waals surface area contributed by atoms with Crippen molar-refractivity contribution in [3.8, 4) is 0 Å². The molecule has 0 bridgehead atoms. The first kappa shape index (κ1) is 14.3. The number of carbonyl (C=O) groups excluding carboxylic acids is 2. The summed E-state index contributed by atoms with van der Waals surface area (Å²) in [5.41, 5.74) is 0. The molecule has 1 heterocycles. The largest absolute Gasteiger partial charge is 0.348 e. The van der Waals surface area contributed by atoms with Crippen molar-refractivity contribution < 1.29 is 19.1 Å². The second kappa shape index (κ2) is 6.34. The van der Waals surface area contributed by atoms with Crippen LogP contribution in [0.1, 0.15) is 39.0 Å². The van der Waals surface area contributed by atoms with Crippen LogP contribution >= 0.6 is 0 Å². The maximum Gasteiger partial charge on any atom is 0.309 e. The third-order valence-electron chi connectivity index (χ3n) is 3.56. The fourth-order valence-electron chi connectivity index (χ4n) is 2.60. The van der Waals surface area contributed by atoms with Crippen molar-refractivity contribution in [1.82, 2.24) is 10.6 Å². The smallest absolute Gasteiger partial charge is 0.309 e. The molecule has 6 nitrogen and oxygen atoms in total. The van der Waals surface area contributed by atoms with Crippen LogP contribution in [0.3, 0.4) is 0 Å². The molecule has 108 valence electrons. The number of hydrogen-bond acceptors (Lipinski definition) is 4. The van der Waals surface area contributed by atoms with Gasteiger partial charge in [-0.05, 0) is 19.8 Å². The van der Waals surface area contributed by atoms with Gasteiger partial charge in [-0.1, -0.05) is 6.42 Å². The van der Waals surface area contributed by atoms with E-state index in [1.807, 2.05) is 0 Å². The zero-order valence-corrected chi connectivity index (χ0v) is 11.4. The number of likely N-dealkylation sites (N-methyl/N-ethyl adjacent to an activating group) is 1. The predicted molar refractivity (Wildman–Crippen MR) is 68.3 cm³/mol. The standard InChI is InChI=1S/C13H22N2O4/c1-2-14-11(16)12(17)15-8-10-9-18-13(19-10)6-4-3-5-7-13/h10H,2-9H2,1H3,(H,14,16)(H,15,17). The molecule has 2 amide bonds. The summed E-state index contributed by atoms with van der Waals surface area (Å²) >= 11 is 0. The van der Waals surface area contributed by atoms with Crippen molar-refractivity contribution in [3.63, 3.8) is 0 Å². The summed E-state index contributed by atoms with van der Waals surface area (Å²) in [6.45, 7) is 3.01. The number of hydrogen-bond donors (Lipinski definition) is 2. The highest BCUT2D eigenvalue weighted by Gasteiger charge is 2.42. The lowest BCUT2D eigenvalue weighted by atomic mass is 9.94. The van der Waals surface area contributed by atoms with Gasteiger partial charge < -0.3 is 20.1 Å². The summed E-state index contributed by atoms with van der Waals surface area (Å²) in [5, 5.41) is 5.03. The van der Waals surface area contributed by atoms with E-state index in [0.29, 0.717) is 19.7 Å². The molecule has 2 N–H and O–H groups in total. The monoisotopic (exact) mass is 270 g/mol. The molecule has 1 aliphatic heterocycles. The Morgan fingerprint density at radius 2 is 1.84 bits per heavy atom. The van der Waals surface area contributed by atoms with Gasteiger partial charge in [-0.25, -0.2) is 0 Å². The van der Waals surface area contributed by atoms with Crippen LogP contribution in [0.15, 0.2) is 0 Å². The lowest BCUT2D eigenvalue weighted by molar-refractivity contribution is -0.186. The van der Waals surface area contributed by atoms with Gasteiger partial charge in [0, 0.05) is 25.9 Å². The van der Waals surface area contributed by atoms with Crippen LogP contribution in [0.25, 0.3) is 0 Å². The zero-order chi connectivity index (χ0) is 13.7. The average molecular weight is 270 g/mol. The van der Waals surface area contributed by atoms with Gasteiger partial charge in [-0.3, -0.25) is 9.59 Å². The Kier molecular flexibility index (Phi) is 4.76. The van der Waals surface area contributed by atoms with Gasteiger partial charge in [-0.15, -0.1) is 0 Å². The predicted octanol–water partition coefficient (Wildman–Crippen LogP) is 0.315. The Morgan fingerprint density at radius 3 is 2.53 bits per heavy atom. The molecule has 2 aliphatic rings. The highest BCUT2D eigenvalue weighted by molar-refractivity contribution is 6.35. The first-order valence-corrected chi connectivity index (χ1v) is 7.03. The minimum Gasteiger partial charge on any atom is -0.348 e. The first-order valence-electron chi connectivity index (χ1n) is 7.03. The molecule has 1 atom stereocenters. The van der Waals surface area contributed by atoms with E-state index >= 15 is 0 Å². The Hall–Kier alpha value is -1.14. The van der Waals surface area contributed by atoms with Gasteiger partial charge in [0.2, 0.25) is 0 Å². The van der Waals surface area contributed by atoms with E-state index in [4.69, 9.17) is 9.47 Å². The van der Waals surface area contributed by atoms with E-state index < -0.39 is 17.6 Å².